The molecule has 0 aliphatic rings. The summed E-state index contributed by atoms with van der Waals surface area (Å²) in [6.07, 6.45) is 2.68. The van der Waals surface area contributed by atoms with E-state index in [-0.39, 0.29) is 28.3 Å². The van der Waals surface area contributed by atoms with Gasteiger partial charge in [-0.05, 0) is 46.0 Å². The van der Waals surface area contributed by atoms with E-state index in [9.17, 15) is 0 Å². The molecule has 0 saturated heterocycles. The lowest BCUT2D eigenvalue weighted by molar-refractivity contribution is 0.679. The molecule has 0 bridgehead atoms. The summed E-state index contributed by atoms with van der Waals surface area (Å²) >= 11 is 0. The highest BCUT2D eigenvalue weighted by Gasteiger charge is 2.34. The fourth-order valence-electron chi connectivity index (χ4n) is 3.86. The molecule has 0 amide bonds. The maximum atomic E-state index is 3.77. The molecule has 1 N–H and O–H groups in total. The van der Waals surface area contributed by atoms with Gasteiger partial charge in [-0.3, -0.25) is 0 Å². The molecule has 0 aromatic carbocycles. The Morgan fingerprint density at radius 1 is 0.500 bits per heavy atom. The molecule has 24 heavy (non-hydrogen) atoms. The van der Waals surface area contributed by atoms with Crippen molar-refractivity contribution in [3.05, 3.63) is 0 Å². The molecule has 0 atom stereocenters. The van der Waals surface area contributed by atoms with Crippen molar-refractivity contribution in [3.63, 3.8) is 0 Å². The summed E-state index contributed by atoms with van der Waals surface area (Å²) in [5.41, 5.74) is 0. The lowest BCUT2D eigenvalue weighted by atomic mass is 10.2. The largest absolute Gasteiger partial charge is 0.316 e. The van der Waals surface area contributed by atoms with Crippen molar-refractivity contribution in [2.75, 3.05) is 25.4 Å². The highest BCUT2D eigenvalue weighted by molar-refractivity contribution is 7.61. The van der Waals surface area contributed by atoms with Gasteiger partial charge in [-0.15, -0.1) is 12.4 Å². The monoisotopic (exact) mass is 397 g/mol. The number of hydrogen-bond donors (Lipinski definition) is 1. The van der Waals surface area contributed by atoms with E-state index in [1.807, 2.05) is 0 Å². The van der Waals surface area contributed by atoms with Gasteiger partial charge < -0.3 is 5.32 Å². The Balaban J connectivity index is 0. The minimum Gasteiger partial charge on any atom is -0.316 e. The first kappa shape index (κ1) is 27.3. The SMILES string of the molecule is CC(C)(C)P(CCNCCP(C(C)(C)C)C(C)(C)C)C(C)(C)C.Cl. The Morgan fingerprint density at radius 3 is 0.875 bits per heavy atom. The Bertz CT molecular complexity index is 281. The summed E-state index contributed by atoms with van der Waals surface area (Å²) in [5.74, 6) is 0. The Labute approximate surface area is 162 Å². The van der Waals surface area contributed by atoms with Crippen LogP contribution in [0.2, 0.25) is 0 Å². The summed E-state index contributed by atoms with van der Waals surface area (Å²) in [6.45, 7) is 31.4. The second kappa shape index (κ2) is 9.88. The van der Waals surface area contributed by atoms with E-state index >= 15 is 0 Å². The van der Waals surface area contributed by atoms with Crippen molar-refractivity contribution in [1.29, 1.82) is 0 Å². The number of halogens is 1. The highest BCUT2D eigenvalue weighted by atomic mass is 35.5. The number of hydrogen-bond acceptors (Lipinski definition) is 1. The molecule has 0 spiro atoms. The lowest BCUT2D eigenvalue weighted by Crippen LogP contribution is -2.33. The second-order valence-corrected chi connectivity index (χ2v) is 18.7. The van der Waals surface area contributed by atoms with Crippen LogP contribution in [-0.4, -0.2) is 46.0 Å². The fraction of sp³-hybridized carbons (Fsp3) is 1.00. The molecule has 0 heterocycles. The van der Waals surface area contributed by atoms with Gasteiger partial charge in [-0.2, -0.15) is 0 Å². The van der Waals surface area contributed by atoms with Crippen molar-refractivity contribution in [2.24, 2.45) is 0 Å². The van der Waals surface area contributed by atoms with Crippen LogP contribution in [0.5, 0.6) is 0 Å². The van der Waals surface area contributed by atoms with E-state index in [2.05, 4.69) is 88.4 Å². The van der Waals surface area contributed by atoms with E-state index in [1.165, 1.54) is 25.4 Å². The molecule has 1 nitrogen and oxygen atoms in total. The Morgan fingerprint density at radius 2 is 0.708 bits per heavy atom. The first-order valence-electron chi connectivity index (χ1n) is 9.23. The van der Waals surface area contributed by atoms with E-state index in [1.54, 1.807) is 0 Å². The van der Waals surface area contributed by atoms with E-state index in [4.69, 9.17) is 0 Å². The van der Waals surface area contributed by atoms with Gasteiger partial charge in [-0.1, -0.05) is 98.9 Å². The topological polar surface area (TPSA) is 12.0 Å². The predicted molar refractivity (Wildman–Crippen MR) is 123 cm³/mol. The maximum Gasteiger partial charge on any atom is -0.000898 e. The second-order valence-electron chi connectivity index (χ2n) is 10.7. The van der Waals surface area contributed by atoms with Gasteiger partial charge in [0, 0.05) is 0 Å². The van der Waals surface area contributed by atoms with Gasteiger partial charge in [0.15, 0.2) is 0 Å². The number of nitrogens with one attached hydrogen (secondary N) is 1. The molecule has 0 unspecified atom stereocenters. The van der Waals surface area contributed by atoms with Crippen LogP contribution in [0.1, 0.15) is 83.1 Å². The fourth-order valence-corrected chi connectivity index (χ4v) is 11.3. The maximum absolute atomic E-state index is 3.77. The zero-order valence-electron chi connectivity index (χ0n) is 18.6. The minimum atomic E-state index is 0. The van der Waals surface area contributed by atoms with E-state index in [0.717, 1.165) is 0 Å². The summed E-state index contributed by atoms with van der Waals surface area (Å²) in [4.78, 5) is 0. The Hall–Kier alpha value is 1.11. The van der Waals surface area contributed by atoms with Crippen molar-refractivity contribution in [1.82, 2.24) is 5.32 Å². The minimum absolute atomic E-state index is 0. The summed E-state index contributed by atoms with van der Waals surface area (Å²) in [5, 5.41) is 5.54. The molecule has 0 radical (unpaired) electrons. The Kier molecular flexibility index (Phi) is 11.2. The smallest absolute Gasteiger partial charge is 0.000898 e. The lowest BCUT2D eigenvalue weighted by Gasteiger charge is -2.42. The van der Waals surface area contributed by atoms with Crippen LogP contribution < -0.4 is 5.32 Å². The van der Waals surface area contributed by atoms with Crippen LogP contribution in [0.4, 0.5) is 0 Å². The first-order chi connectivity index (χ1) is 9.97. The average molecular weight is 398 g/mol. The van der Waals surface area contributed by atoms with Gasteiger partial charge in [0.25, 0.3) is 0 Å². The molecule has 0 saturated carbocycles. The zero-order valence-corrected chi connectivity index (χ0v) is 21.2. The van der Waals surface area contributed by atoms with Gasteiger partial charge >= 0.3 is 0 Å². The summed E-state index contributed by atoms with van der Waals surface area (Å²) < 4.78 is 0. The van der Waals surface area contributed by atoms with Crippen LogP contribution in [0.3, 0.4) is 0 Å². The van der Waals surface area contributed by atoms with Crippen LogP contribution in [0.25, 0.3) is 0 Å². The molecule has 4 heteroatoms. The van der Waals surface area contributed by atoms with Gasteiger partial charge in [0.2, 0.25) is 0 Å². The molecule has 0 aromatic heterocycles. The summed E-state index contributed by atoms with van der Waals surface area (Å²) in [7, 11) is 0.0459. The molecular weight excluding hydrogens is 352 g/mol. The highest BCUT2D eigenvalue weighted by Crippen LogP contribution is 2.59. The van der Waals surface area contributed by atoms with E-state index < -0.39 is 0 Å². The van der Waals surface area contributed by atoms with Crippen LogP contribution in [0.15, 0.2) is 0 Å². The van der Waals surface area contributed by atoms with Crippen molar-refractivity contribution in [3.8, 4) is 0 Å². The van der Waals surface area contributed by atoms with Crippen molar-refractivity contribution in [2.45, 2.75) is 104 Å². The third-order valence-electron chi connectivity index (χ3n) is 4.26. The molecule has 148 valence electrons. The quantitative estimate of drug-likeness (QED) is 0.370. The van der Waals surface area contributed by atoms with E-state index in [0.29, 0.717) is 20.6 Å². The molecule has 0 fully saturated rings. The van der Waals surface area contributed by atoms with Gasteiger partial charge in [-0.25, -0.2) is 0 Å². The molecule has 0 aliphatic heterocycles. The zero-order chi connectivity index (χ0) is 18.7. The molecular formula is C20H46ClNP2. The molecule has 0 aliphatic carbocycles. The third-order valence-corrected chi connectivity index (χ3v) is 12.1. The van der Waals surface area contributed by atoms with Crippen LogP contribution >= 0.6 is 28.3 Å². The first-order valence-corrected chi connectivity index (χ1v) is 12.3. The molecule has 0 rings (SSSR count). The van der Waals surface area contributed by atoms with Crippen LogP contribution in [-0.2, 0) is 0 Å². The van der Waals surface area contributed by atoms with Gasteiger partial charge in [0.1, 0.15) is 0 Å². The standard InChI is InChI=1S/C20H45NP2.ClH/c1-17(2,3)22(18(4,5)6)15-13-21-14-16-23(19(7,8)9)20(10,11)12;/h21H,13-16H2,1-12H3;1H. The molecule has 0 aromatic rings. The van der Waals surface area contributed by atoms with Crippen molar-refractivity contribution >= 4 is 28.3 Å². The number of rotatable bonds is 6. The predicted octanol–water partition coefficient (Wildman–Crippen LogP) is 7.16. The summed E-state index contributed by atoms with van der Waals surface area (Å²) in [6, 6.07) is 0. The normalized spacial score (nSPS) is 14.2. The van der Waals surface area contributed by atoms with Crippen molar-refractivity contribution < 1.29 is 0 Å². The van der Waals surface area contributed by atoms with Gasteiger partial charge in [0.05, 0.1) is 0 Å². The third kappa shape index (κ3) is 10.3. The average Bonchev–Trinajstić information content (AvgIpc) is 2.19. The van der Waals surface area contributed by atoms with Crippen LogP contribution in [0, 0.1) is 0 Å².